The van der Waals surface area contributed by atoms with Crippen LogP contribution in [0.4, 0.5) is 0 Å². The van der Waals surface area contributed by atoms with Gasteiger partial charge in [-0.2, -0.15) is 0 Å². The molecule has 1 saturated heterocycles. The van der Waals surface area contributed by atoms with E-state index in [1.807, 2.05) is 0 Å². The normalized spacial score (nSPS) is 20.0. The maximum absolute atomic E-state index is 12.0. The van der Waals surface area contributed by atoms with Gasteiger partial charge in [-0.15, -0.1) is 0 Å². The molecule has 0 spiro atoms. The topological polar surface area (TPSA) is 29.1 Å². The van der Waals surface area contributed by atoms with Gasteiger partial charge in [0.15, 0.2) is 0 Å². The minimum absolute atomic E-state index is 0.133. The van der Waals surface area contributed by atoms with Crippen molar-refractivity contribution in [2.24, 2.45) is 5.92 Å². The summed E-state index contributed by atoms with van der Waals surface area (Å²) in [6.07, 6.45) is 4.12. The fourth-order valence-corrected chi connectivity index (χ4v) is 2.93. The zero-order valence-corrected chi connectivity index (χ0v) is 11.1. The summed E-state index contributed by atoms with van der Waals surface area (Å²) in [5, 5.41) is 5.56. The summed E-state index contributed by atoms with van der Waals surface area (Å²) in [6.45, 7) is 0.838. The van der Waals surface area contributed by atoms with Crippen molar-refractivity contribution in [3.05, 3.63) is 48.0 Å². The number of benzene rings is 2. The number of carbonyl (C=O) groups excluding carboxylic acids is 1. The number of nitrogens with one attached hydrogen (secondary N) is 1. The average molecular weight is 253 g/mol. The first-order chi connectivity index (χ1) is 9.34. The highest BCUT2D eigenvalue weighted by molar-refractivity contribution is 5.86. The summed E-state index contributed by atoms with van der Waals surface area (Å²) >= 11 is 0. The lowest BCUT2D eigenvalue weighted by Gasteiger charge is -2.14. The number of hydrogen-bond acceptors (Lipinski definition) is 1. The fraction of sp³-hybridized carbons (Fsp3) is 0.353. The van der Waals surface area contributed by atoms with Gasteiger partial charge in [-0.1, -0.05) is 48.9 Å². The Bertz CT molecular complexity index is 585. The highest BCUT2D eigenvalue weighted by atomic mass is 16.1. The predicted octanol–water partition coefficient (Wildman–Crippen LogP) is 3.30. The Morgan fingerprint density at radius 3 is 2.84 bits per heavy atom. The largest absolute Gasteiger partial charge is 0.356 e. The summed E-state index contributed by atoms with van der Waals surface area (Å²) in [5.74, 6) is 0.360. The molecule has 1 aliphatic rings. The van der Waals surface area contributed by atoms with E-state index in [1.54, 1.807) is 0 Å². The van der Waals surface area contributed by atoms with Gasteiger partial charge >= 0.3 is 0 Å². The standard InChI is InChI=1S/C17H19NO/c19-17-15(7-3-4-11-18-17)12-14-9-5-8-13-6-1-2-10-16(13)14/h1-2,5-6,8-10,15H,3-4,7,11-12H2,(H,18,19). The van der Waals surface area contributed by atoms with Crippen molar-refractivity contribution in [1.82, 2.24) is 5.32 Å². The van der Waals surface area contributed by atoms with Crippen LogP contribution in [0.25, 0.3) is 10.8 Å². The monoisotopic (exact) mass is 253 g/mol. The third-order valence-corrected chi connectivity index (χ3v) is 4.00. The second kappa shape index (κ2) is 5.43. The minimum atomic E-state index is 0.133. The molecule has 0 radical (unpaired) electrons. The zero-order valence-electron chi connectivity index (χ0n) is 11.1. The molecule has 2 heteroatoms. The maximum atomic E-state index is 12.0. The molecule has 0 aliphatic carbocycles. The van der Waals surface area contributed by atoms with Crippen LogP contribution in [-0.4, -0.2) is 12.5 Å². The first kappa shape index (κ1) is 12.2. The van der Waals surface area contributed by atoms with Crippen LogP contribution in [0.1, 0.15) is 24.8 Å². The van der Waals surface area contributed by atoms with E-state index >= 15 is 0 Å². The van der Waals surface area contributed by atoms with Crippen LogP contribution >= 0.6 is 0 Å². The van der Waals surface area contributed by atoms with Crippen molar-refractivity contribution >= 4 is 16.7 Å². The summed E-state index contributed by atoms with van der Waals surface area (Å²) in [7, 11) is 0. The smallest absolute Gasteiger partial charge is 0.223 e. The number of carbonyl (C=O) groups is 1. The van der Waals surface area contributed by atoms with Gasteiger partial charge in [-0.3, -0.25) is 4.79 Å². The van der Waals surface area contributed by atoms with Gasteiger partial charge in [0, 0.05) is 12.5 Å². The molecular formula is C17H19NO. The van der Waals surface area contributed by atoms with Gasteiger partial charge in [0.05, 0.1) is 0 Å². The second-order valence-electron chi connectivity index (χ2n) is 5.33. The summed E-state index contributed by atoms with van der Waals surface area (Å²) in [6, 6.07) is 14.8. The van der Waals surface area contributed by atoms with Gasteiger partial charge in [-0.05, 0) is 35.6 Å². The lowest BCUT2D eigenvalue weighted by atomic mass is 9.91. The molecule has 1 aliphatic heterocycles. The first-order valence-electron chi connectivity index (χ1n) is 7.09. The van der Waals surface area contributed by atoms with E-state index in [2.05, 4.69) is 47.8 Å². The molecule has 1 fully saturated rings. The fourth-order valence-electron chi connectivity index (χ4n) is 2.93. The van der Waals surface area contributed by atoms with E-state index in [4.69, 9.17) is 0 Å². The lowest BCUT2D eigenvalue weighted by molar-refractivity contribution is -0.124. The molecule has 0 bridgehead atoms. The highest BCUT2D eigenvalue weighted by Gasteiger charge is 2.21. The molecule has 0 aromatic heterocycles. The Kier molecular flexibility index (Phi) is 3.49. The zero-order chi connectivity index (χ0) is 13.1. The van der Waals surface area contributed by atoms with Crippen LogP contribution in [0.5, 0.6) is 0 Å². The van der Waals surface area contributed by atoms with Gasteiger partial charge in [0.2, 0.25) is 5.91 Å². The van der Waals surface area contributed by atoms with E-state index in [-0.39, 0.29) is 11.8 Å². The van der Waals surface area contributed by atoms with Gasteiger partial charge in [0.1, 0.15) is 0 Å². The van der Waals surface area contributed by atoms with Crippen molar-refractivity contribution in [3.63, 3.8) is 0 Å². The molecule has 3 rings (SSSR count). The molecule has 1 atom stereocenters. The third kappa shape index (κ3) is 2.62. The Hall–Kier alpha value is -1.83. The Balaban J connectivity index is 1.90. The van der Waals surface area contributed by atoms with E-state index in [9.17, 15) is 4.79 Å². The predicted molar refractivity (Wildman–Crippen MR) is 78.0 cm³/mol. The van der Waals surface area contributed by atoms with E-state index in [0.29, 0.717) is 0 Å². The molecule has 1 heterocycles. The average Bonchev–Trinajstić information content (AvgIpc) is 2.65. The van der Waals surface area contributed by atoms with E-state index < -0.39 is 0 Å². The molecular weight excluding hydrogens is 234 g/mol. The Morgan fingerprint density at radius 1 is 1.05 bits per heavy atom. The molecule has 0 saturated carbocycles. The molecule has 2 aromatic rings. The van der Waals surface area contributed by atoms with Crippen molar-refractivity contribution in [2.45, 2.75) is 25.7 Å². The van der Waals surface area contributed by atoms with Crippen LogP contribution in [0.2, 0.25) is 0 Å². The second-order valence-corrected chi connectivity index (χ2v) is 5.33. The van der Waals surface area contributed by atoms with Crippen LogP contribution < -0.4 is 5.32 Å². The van der Waals surface area contributed by atoms with Gasteiger partial charge in [0.25, 0.3) is 0 Å². The Labute approximate surface area is 113 Å². The summed E-state index contributed by atoms with van der Waals surface area (Å²) in [5.41, 5.74) is 1.29. The number of fused-ring (bicyclic) bond motifs is 1. The maximum Gasteiger partial charge on any atom is 0.223 e. The van der Waals surface area contributed by atoms with E-state index in [1.165, 1.54) is 16.3 Å². The summed E-state index contributed by atoms with van der Waals surface area (Å²) in [4.78, 5) is 12.0. The quantitative estimate of drug-likeness (QED) is 0.874. The van der Waals surface area contributed by atoms with E-state index in [0.717, 1.165) is 32.2 Å². The highest BCUT2D eigenvalue weighted by Crippen LogP contribution is 2.24. The lowest BCUT2D eigenvalue weighted by Crippen LogP contribution is -2.30. The SMILES string of the molecule is O=C1NCCCCC1Cc1cccc2ccccc12. The van der Waals surface area contributed by atoms with Crippen LogP contribution in [0.15, 0.2) is 42.5 Å². The molecule has 1 amide bonds. The number of hydrogen-bond donors (Lipinski definition) is 1. The van der Waals surface area contributed by atoms with Crippen molar-refractivity contribution in [2.75, 3.05) is 6.54 Å². The first-order valence-corrected chi connectivity index (χ1v) is 7.09. The van der Waals surface area contributed by atoms with Crippen LogP contribution in [0.3, 0.4) is 0 Å². The molecule has 2 aromatic carbocycles. The number of amides is 1. The molecule has 2 nitrogen and oxygen atoms in total. The van der Waals surface area contributed by atoms with Crippen molar-refractivity contribution < 1.29 is 4.79 Å². The van der Waals surface area contributed by atoms with Crippen LogP contribution in [-0.2, 0) is 11.2 Å². The van der Waals surface area contributed by atoms with Crippen molar-refractivity contribution in [3.8, 4) is 0 Å². The molecule has 98 valence electrons. The Morgan fingerprint density at radius 2 is 1.89 bits per heavy atom. The molecule has 19 heavy (non-hydrogen) atoms. The molecule has 1 unspecified atom stereocenters. The third-order valence-electron chi connectivity index (χ3n) is 4.00. The van der Waals surface area contributed by atoms with Crippen molar-refractivity contribution in [1.29, 1.82) is 0 Å². The van der Waals surface area contributed by atoms with Crippen LogP contribution in [0, 0.1) is 5.92 Å². The molecule has 1 N–H and O–H groups in total. The van der Waals surface area contributed by atoms with Gasteiger partial charge < -0.3 is 5.32 Å². The van der Waals surface area contributed by atoms with Gasteiger partial charge in [-0.25, -0.2) is 0 Å². The minimum Gasteiger partial charge on any atom is -0.356 e. The summed E-state index contributed by atoms with van der Waals surface area (Å²) < 4.78 is 0. The number of rotatable bonds is 2.